The van der Waals surface area contributed by atoms with Crippen LogP contribution in [0.2, 0.25) is 0 Å². The zero-order valence-corrected chi connectivity index (χ0v) is 14.0. The van der Waals surface area contributed by atoms with Crippen LogP contribution in [-0.4, -0.2) is 6.29 Å². The van der Waals surface area contributed by atoms with Crippen molar-refractivity contribution < 1.29 is 13.6 Å². The van der Waals surface area contributed by atoms with Crippen LogP contribution in [0.4, 0.5) is 8.78 Å². The maximum atomic E-state index is 13.0. The number of carbonyl (C=O) groups excluding carboxylic acids is 1. The molecule has 1 nitrogen and oxygen atoms in total. The third-order valence-corrected chi connectivity index (χ3v) is 4.83. The van der Waals surface area contributed by atoms with Crippen molar-refractivity contribution >= 4 is 17.6 Å². The van der Waals surface area contributed by atoms with E-state index in [1.165, 1.54) is 35.6 Å². The molecule has 1 heterocycles. The molecule has 124 valence electrons. The number of rotatable bonds is 4. The number of aldehydes is 1. The van der Waals surface area contributed by atoms with Crippen molar-refractivity contribution in [3.05, 3.63) is 93.2 Å². The molecule has 0 aliphatic rings. The molecule has 25 heavy (non-hydrogen) atoms. The molecule has 0 radical (unpaired) electrons. The molecule has 1 aromatic heterocycles. The highest BCUT2D eigenvalue weighted by Crippen LogP contribution is 2.26. The SMILES string of the molecule is O=CC(Cc1ccc(F)cc1)c1ccc(C#Cc2ccc(F)cc2)s1. The van der Waals surface area contributed by atoms with E-state index in [2.05, 4.69) is 11.8 Å². The zero-order valence-electron chi connectivity index (χ0n) is 13.2. The Bertz CT molecular complexity index is 915. The summed E-state index contributed by atoms with van der Waals surface area (Å²) in [6.45, 7) is 0. The van der Waals surface area contributed by atoms with Crippen LogP contribution in [-0.2, 0) is 11.2 Å². The predicted octanol–water partition coefficient (Wildman–Crippen LogP) is 4.95. The Kier molecular flexibility index (Phi) is 5.37. The summed E-state index contributed by atoms with van der Waals surface area (Å²) in [5.74, 6) is 5.15. The van der Waals surface area contributed by atoms with Crippen molar-refractivity contribution in [3.63, 3.8) is 0 Å². The Labute approximate surface area is 149 Å². The molecule has 1 unspecified atom stereocenters. The highest BCUT2D eigenvalue weighted by Gasteiger charge is 2.13. The fourth-order valence-corrected chi connectivity index (χ4v) is 3.29. The van der Waals surface area contributed by atoms with Crippen molar-refractivity contribution in [1.29, 1.82) is 0 Å². The minimum absolute atomic E-state index is 0.281. The molecule has 0 saturated heterocycles. The number of hydrogen-bond donors (Lipinski definition) is 0. The lowest BCUT2D eigenvalue weighted by Crippen LogP contribution is -2.02. The number of thiophene rings is 1. The molecular weight excluding hydrogens is 338 g/mol. The van der Waals surface area contributed by atoms with E-state index in [1.54, 1.807) is 24.3 Å². The van der Waals surface area contributed by atoms with Gasteiger partial charge in [0.2, 0.25) is 0 Å². The average Bonchev–Trinajstić information content (AvgIpc) is 3.09. The Morgan fingerprint density at radius 2 is 1.52 bits per heavy atom. The van der Waals surface area contributed by atoms with Crippen LogP contribution in [0.25, 0.3) is 0 Å². The molecule has 0 amide bonds. The molecule has 0 spiro atoms. The minimum atomic E-state index is -0.293. The smallest absolute Gasteiger partial charge is 0.128 e. The third-order valence-electron chi connectivity index (χ3n) is 3.70. The van der Waals surface area contributed by atoms with E-state index in [0.717, 1.165) is 27.2 Å². The van der Waals surface area contributed by atoms with Crippen molar-refractivity contribution in [2.45, 2.75) is 12.3 Å². The molecule has 0 N–H and O–H groups in total. The van der Waals surface area contributed by atoms with Gasteiger partial charge in [-0.25, -0.2) is 8.78 Å². The molecular formula is C21H14F2OS. The summed E-state index contributed by atoms with van der Waals surface area (Å²) >= 11 is 1.46. The zero-order chi connectivity index (χ0) is 17.6. The van der Waals surface area contributed by atoms with Crippen molar-refractivity contribution in [2.75, 3.05) is 0 Å². The predicted molar refractivity (Wildman–Crippen MR) is 95.6 cm³/mol. The summed E-state index contributed by atoms with van der Waals surface area (Å²) < 4.78 is 25.9. The van der Waals surface area contributed by atoms with Crippen LogP contribution in [0.3, 0.4) is 0 Å². The molecule has 0 bridgehead atoms. The number of hydrogen-bond acceptors (Lipinski definition) is 2. The van der Waals surface area contributed by atoms with Crippen LogP contribution < -0.4 is 0 Å². The summed E-state index contributed by atoms with van der Waals surface area (Å²) in [4.78, 5) is 13.2. The first-order valence-electron chi connectivity index (χ1n) is 7.71. The molecule has 2 aromatic carbocycles. The van der Waals surface area contributed by atoms with E-state index in [9.17, 15) is 13.6 Å². The molecule has 3 aromatic rings. The van der Waals surface area contributed by atoms with Gasteiger partial charge in [-0.2, -0.15) is 0 Å². The fraction of sp³-hybridized carbons (Fsp3) is 0.0952. The minimum Gasteiger partial charge on any atom is -0.303 e. The summed E-state index contributed by atoms with van der Waals surface area (Å²) in [6.07, 6.45) is 1.43. The van der Waals surface area contributed by atoms with Crippen molar-refractivity contribution in [1.82, 2.24) is 0 Å². The van der Waals surface area contributed by atoms with E-state index in [4.69, 9.17) is 0 Å². The van der Waals surface area contributed by atoms with Gasteiger partial charge in [-0.3, -0.25) is 0 Å². The molecule has 3 rings (SSSR count). The number of halogens is 2. The molecule has 0 saturated carbocycles. The average molecular weight is 352 g/mol. The van der Waals surface area contributed by atoms with E-state index >= 15 is 0 Å². The highest BCUT2D eigenvalue weighted by atomic mass is 32.1. The van der Waals surface area contributed by atoms with Crippen LogP contribution in [0.15, 0.2) is 60.7 Å². The van der Waals surface area contributed by atoms with Gasteiger partial charge >= 0.3 is 0 Å². The van der Waals surface area contributed by atoms with Gasteiger partial charge in [-0.15, -0.1) is 11.3 Å². The second-order valence-corrected chi connectivity index (χ2v) is 6.65. The molecule has 0 aliphatic carbocycles. The number of carbonyl (C=O) groups is 1. The Balaban J connectivity index is 1.74. The summed E-state index contributed by atoms with van der Waals surface area (Å²) in [7, 11) is 0. The van der Waals surface area contributed by atoms with Crippen molar-refractivity contribution in [3.8, 4) is 11.8 Å². The highest BCUT2D eigenvalue weighted by molar-refractivity contribution is 7.12. The van der Waals surface area contributed by atoms with E-state index < -0.39 is 0 Å². The van der Waals surface area contributed by atoms with Crippen molar-refractivity contribution in [2.24, 2.45) is 0 Å². The fourth-order valence-electron chi connectivity index (χ4n) is 2.38. The van der Waals surface area contributed by atoms with E-state index in [-0.39, 0.29) is 17.6 Å². The monoisotopic (exact) mass is 352 g/mol. The quantitative estimate of drug-likeness (QED) is 0.480. The maximum absolute atomic E-state index is 13.0. The van der Waals surface area contributed by atoms with E-state index in [0.29, 0.717) is 6.42 Å². The van der Waals surface area contributed by atoms with E-state index in [1.807, 2.05) is 12.1 Å². The van der Waals surface area contributed by atoms with Gasteiger partial charge < -0.3 is 4.79 Å². The largest absolute Gasteiger partial charge is 0.303 e. The summed E-state index contributed by atoms with van der Waals surface area (Å²) in [5, 5.41) is 0. The first kappa shape index (κ1) is 17.1. The van der Waals surface area contributed by atoms with Crippen LogP contribution in [0.1, 0.15) is 26.8 Å². The second-order valence-electron chi connectivity index (χ2n) is 5.53. The van der Waals surface area contributed by atoms with Gasteiger partial charge in [0.05, 0.1) is 10.8 Å². The summed E-state index contributed by atoms with van der Waals surface area (Å²) in [6, 6.07) is 15.9. The van der Waals surface area contributed by atoms with Gasteiger partial charge in [0.25, 0.3) is 0 Å². The van der Waals surface area contributed by atoms with Gasteiger partial charge in [0.1, 0.15) is 17.9 Å². The second kappa shape index (κ2) is 7.87. The van der Waals surface area contributed by atoms with Gasteiger partial charge in [0, 0.05) is 10.4 Å². The van der Waals surface area contributed by atoms with Gasteiger partial charge in [-0.1, -0.05) is 24.0 Å². The molecule has 0 fully saturated rings. The van der Waals surface area contributed by atoms with Gasteiger partial charge in [-0.05, 0) is 60.5 Å². The molecule has 0 aliphatic heterocycles. The first-order valence-corrected chi connectivity index (χ1v) is 8.53. The topological polar surface area (TPSA) is 17.1 Å². The Morgan fingerprint density at radius 1 is 0.880 bits per heavy atom. The Hall–Kier alpha value is -2.77. The Morgan fingerprint density at radius 3 is 2.16 bits per heavy atom. The molecule has 1 atom stereocenters. The van der Waals surface area contributed by atoms with Crippen LogP contribution in [0, 0.1) is 23.5 Å². The van der Waals surface area contributed by atoms with Gasteiger partial charge in [0.15, 0.2) is 0 Å². The summed E-state index contributed by atoms with van der Waals surface area (Å²) in [5.41, 5.74) is 1.64. The lowest BCUT2D eigenvalue weighted by molar-refractivity contribution is -0.109. The maximum Gasteiger partial charge on any atom is 0.128 e. The van der Waals surface area contributed by atoms with Crippen LogP contribution in [0.5, 0.6) is 0 Å². The molecule has 4 heteroatoms. The first-order chi connectivity index (χ1) is 12.1. The lowest BCUT2D eigenvalue weighted by Gasteiger charge is -2.07. The standard InChI is InChI=1S/C21H14F2OS/c22-18-6-1-15(2-7-18)5-10-20-11-12-21(25-20)17(14-24)13-16-3-8-19(23)9-4-16/h1-4,6-9,11-12,14,17H,13H2. The normalized spacial score (nSPS) is 11.4. The lowest BCUT2D eigenvalue weighted by atomic mass is 9.99. The third kappa shape index (κ3) is 4.62. The number of benzene rings is 2. The van der Waals surface area contributed by atoms with Crippen LogP contribution >= 0.6 is 11.3 Å².